The fourth-order valence-corrected chi connectivity index (χ4v) is 6.52. The van der Waals surface area contributed by atoms with Crippen molar-refractivity contribution < 1.29 is 4.79 Å². The minimum atomic E-state index is 0.0470. The number of fused-ring (bicyclic) bond motifs is 1. The van der Waals surface area contributed by atoms with Gasteiger partial charge in [0.05, 0.1) is 11.3 Å². The summed E-state index contributed by atoms with van der Waals surface area (Å²) in [7, 11) is 0. The van der Waals surface area contributed by atoms with Crippen LogP contribution >= 0.6 is 0 Å². The van der Waals surface area contributed by atoms with E-state index in [0.29, 0.717) is 11.6 Å². The number of carbonyl (C=O) groups excluding carboxylic acids is 1. The third-order valence-electron chi connectivity index (χ3n) is 8.70. The van der Waals surface area contributed by atoms with Crippen molar-refractivity contribution in [2.24, 2.45) is 5.41 Å². The molecule has 3 aromatic heterocycles. The molecule has 0 bridgehead atoms. The maximum atomic E-state index is 12.1. The number of likely N-dealkylation sites (tertiary alicyclic amines) is 2. The number of rotatable bonds is 6. The van der Waals surface area contributed by atoms with E-state index in [1.165, 1.54) is 11.6 Å². The van der Waals surface area contributed by atoms with Crippen molar-refractivity contribution in [3.63, 3.8) is 0 Å². The number of nitrogens with two attached hydrogens (primary N) is 1. The second kappa shape index (κ2) is 10.5. The van der Waals surface area contributed by atoms with Gasteiger partial charge in [-0.25, -0.2) is 15.0 Å². The van der Waals surface area contributed by atoms with Crippen molar-refractivity contribution in [1.82, 2.24) is 29.3 Å². The number of amides is 1. The standard InChI is InChI=1S/C34H33N7O/c1-2-30(42)40-20-17-34(23-40)16-19-39(22-34)21-24-10-12-26(13-11-24)41-32(27-9-6-18-36-31(27)35)38-29-15-14-28(37-33(29)41)25-7-4-3-5-8-25/h2-15,18H,1,16-17,19-23H2,(H2,35,36)/t34-/m1/s1. The number of hydrogen-bond acceptors (Lipinski definition) is 6. The zero-order valence-electron chi connectivity index (χ0n) is 23.5. The Hall–Kier alpha value is -4.82. The first-order valence-corrected chi connectivity index (χ1v) is 14.4. The average Bonchev–Trinajstić information content (AvgIpc) is 3.74. The summed E-state index contributed by atoms with van der Waals surface area (Å²) in [6.45, 7) is 8.25. The van der Waals surface area contributed by atoms with E-state index >= 15 is 0 Å². The van der Waals surface area contributed by atoms with Crippen LogP contribution in [-0.4, -0.2) is 61.4 Å². The first kappa shape index (κ1) is 26.1. The Morgan fingerprint density at radius 3 is 2.52 bits per heavy atom. The van der Waals surface area contributed by atoms with Crippen LogP contribution in [0.4, 0.5) is 5.82 Å². The SMILES string of the molecule is C=CC(=O)N1CC[C@@]2(CCN(Cc3ccc(-n4c(-c5cccnc5N)nc5ccc(-c6ccccc6)nc54)cc3)C2)C1. The number of anilines is 1. The van der Waals surface area contributed by atoms with Gasteiger partial charge in [-0.15, -0.1) is 0 Å². The van der Waals surface area contributed by atoms with Gasteiger partial charge in [-0.1, -0.05) is 49.0 Å². The fraction of sp³-hybridized carbons (Fsp3) is 0.235. The predicted octanol–water partition coefficient (Wildman–Crippen LogP) is 5.34. The number of carbonyl (C=O) groups is 1. The molecule has 0 radical (unpaired) electrons. The molecule has 0 unspecified atom stereocenters. The van der Waals surface area contributed by atoms with Crippen LogP contribution in [0.2, 0.25) is 0 Å². The van der Waals surface area contributed by atoms with Gasteiger partial charge >= 0.3 is 0 Å². The number of nitrogen functional groups attached to an aromatic ring is 1. The first-order chi connectivity index (χ1) is 20.5. The topological polar surface area (TPSA) is 93.2 Å². The molecule has 8 heteroatoms. The lowest BCUT2D eigenvalue weighted by Gasteiger charge is -2.24. The molecule has 2 saturated heterocycles. The number of hydrogen-bond donors (Lipinski definition) is 1. The van der Waals surface area contributed by atoms with E-state index in [0.717, 1.165) is 79.2 Å². The largest absolute Gasteiger partial charge is 0.383 e. The summed E-state index contributed by atoms with van der Waals surface area (Å²) in [5.74, 6) is 1.19. The Morgan fingerprint density at radius 2 is 1.74 bits per heavy atom. The van der Waals surface area contributed by atoms with Crippen molar-refractivity contribution in [3.05, 3.63) is 103 Å². The highest BCUT2D eigenvalue weighted by molar-refractivity contribution is 5.87. The number of benzene rings is 2. The molecule has 0 aliphatic carbocycles. The third kappa shape index (κ3) is 4.73. The van der Waals surface area contributed by atoms with E-state index in [1.54, 1.807) is 6.20 Å². The summed E-state index contributed by atoms with van der Waals surface area (Å²) < 4.78 is 2.08. The van der Waals surface area contributed by atoms with Gasteiger partial charge in [0.15, 0.2) is 11.5 Å². The molecule has 2 N–H and O–H groups in total. The van der Waals surface area contributed by atoms with Crippen LogP contribution in [0.1, 0.15) is 18.4 Å². The molecule has 1 atom stereocenters. The number of nitrogens with zero attached hydrogens (tertiary/aromatic N) is 6. The molecule has 5 aromatic rings. The summed E-state index contributed by atoms with van der Waals surface area (Å²) in [6, 6.07) is 26.7. The molecular weight excluding hydrogens is 522 g/mol. The second-order valence-electron chi connectivity index (χ2n) is 11.5. The van der Waals surface area contributed by atoms with Crippen LogP contribution in [0.5, 0.6) is 0 Å². The lowest BCUT2D eigenvalue weighted by atomic mass is 9.86. The van der Waals surface area contributed by atoms with Gasteiger partial charge in [-0.3, -0.25) is 14.3 Å². The third-order valence-corrected chi connectivity index (χ3v) is 8.70. The van der Waals surface area contributed by atoms with Crippen LogP contribution in [0.3, 0.4) is 0 Å². The molecule has 210 valence electrons. The second-order valence-corrected chi connectivity index (χ2v) is 11.5. The minimum Gasteiger partial charge on any atom is -0.383 e. The molecule has 8 nitrogen and oxygen atoms in total. The van der Waals surface area contributed by atoms with Crippen molar-refractivity contribution in [2.75, 3.05) is 31.9 Å². The molecule has 42 heavy (non-hydrogen) atoms. The van der Waals surface area contributed by atoms with Gasteiger partial charge < -0.3 is 10.6 Å². The lowest BCUT2D eigenvalue weighted by molar-refractivity contribution is -0.125. The van der Waals surface area contributed by atoms with Crippen LogP contribution in [-0.2, 0) is 11.3 Å². The summed E-state index contributed by atoms with van der Waals surface area (Å²) in [4.78, 5) is 30.9. The molecule has 1 amide bonds. The average molecular weight is 556 g/mol. The van der Waals surface area contributed by atoms with E-state index in [9.17, 15) is 4.79 Å². The molecule has 7 rings (SSSR count). The Labute approximate surface area is 245 Å². The van der Waals surface area contributed by atoms with Crippen LogP contribution < -0.4 is 5.73 Å². The van der Waals surface area contributed by atoms with Crippen molar-refractivity contribution >= 4 is 22.9 Å². The summed E-state index contributed by atoms with van der Waals surface area (Å²) in [6.07, 6.45) is 5.31. The van der Waals surface area contributed by atoms with Gasteiger partial charge in [-0.05, 0) is 67.4 Å². The monoisotopic (exact) mass is 555 g/mol. The van der Waals surface area contributed by atoms with Gasteiger partial charge in [-0.2, -0.15) is 0 Å². The van der Waals surface area contributed by atoms with Gasteiger partial charge in [0.2, 0.25) is 5.91 Å². The van der Waals surface area contributed by atoms with Crippen LogP contribution in [0.25, 0.3) is 39.5 Å². The smallest absolute Gasteiger partial charge is 0.245 e. The predicted molar refractivity (Wildman–Crippen MR) is 166 cm³/mol. The Balaban J connectivity index is 1.20. The Bertz CT molecular complexity index is 1780. The van der Waals surface area contributed by atoms with Crippen LogP contribution in [0, 0.1) is 5.41 Å². The molecule has 1 spiro atoms. The van der Waals surface area contributed by atoms with E-state index < -0.39 is 0 Å². The Morgan fingerprint density at radius 1 is 0.929 bits per heavy atom. The van der Waals surface area contributed by atoms with E-state index in [-0.39, 0.29) is 11.3 Å². The molecule has 5 heterocycles. The highest BCUT2D eigenvalue weighted by Crippen LogP contribution is 2.40. The van der Waals surface area contributed by atoms with Gasteiger partial charge in [0.25, 0.3) is 0 Å². The number of imidazole rings is 1. The van der Waals surface area contributed by atoms with Crippen molar-refractivity contribution in [2.45, 2.75) is 19.4 Å². The van der Waals surface area contributed by atoms with E-state index in [1.807, 2.05) is 47.4 Å². The number of pyridine rings is 2. The van der Waals surface area contributed by atoms with Crippen LogP contribution in [0.15, 0.2) is 97.7 Å². The van der Waals surface area contributed by atoms with Crippen molar-refractivity contribution in [1.29, 1.82) is 0 Å². The summed E-state index contributed by atoms with van der Waals surface area (Å²) in [5, 5.41) is 0. The highest BCUT2D eigenvalue weighted by Gasteiger charge is 2.44. The zero-order valence-corrected chi connectivity index (χ0v) is 23.5. The fourth-order valence-electron chi connectivity index (χ4n) is 6.52. The maximum Gasteiger partial charge on any atom is 0.245 e. The summed E-state index contributed by atoms with van der Waals surface area (Å²) >= 11 is 0. The molecular formula is C34H33N7O. The van der Waals surface area contributed by atoms with Gasteiger partial charge in [0.1, 0.15) is 11.3 Å². The minimum absolute atomic E-state index is 0.0470. The molecule has 0 saturated carbocycles. The van der Waals surface area contributed by atoms with Crippen molar-refractivity contribution in [3.8, 4) is 28.3 Å². The van der Waals surface area contributed by atoms with Gasteiger partial charge in [0, 0.05) is 49.0 Å². The maximum absolute atomic E-state index is 12.1. The molecule has 2 fully saturated rings. The lowest BCUT2D eigenvalue weighted by Crippen LogP contribution is -2.33. The zero-order chi connectivity index (χ0) is 28.7. The number of aromatic nitrogens is 4. The normalized spacial score (nSPS) is 18.7. The molecule has 2 aliphatic heterocycles. The highest BCUT2D eigenvalue weighted by atomic mass is 16.2. The first-order valence-electron chi connectivity index (χ1n) is 14.4. The molecule has 2 aromatic carbocycles. The van der Waals surface area contributed by atoms with E-state index in [2.05, 4.69) is 57.4 Å². The summed E-state index contributed by atoms with van der Waals surface area (Å²) in [5.41, 5.74) is 13.0. The van der Waals surface area contributed by atoms with E-state index in [4.69, 9.17) is 15.7 Å². The molecule has 2 aliphatic rings. The quantitative estimate of drug-likeness (QED) is 0.284. The Kier molecular flexibility index (Phi) is 6.55.